The maximum Gasteiger partial charge on any atom is 0.338 e. The zero-order valence-corrected chi connectivity index (χ0v) is 11.4. The normalized spacial score (nSPS) is 10.3. The SMILES string of the molecule is COC(=O)c1cc2cc(OC)c(OC)cc2cc1C. The van der Waals surface area contributed by atoms with E-state index in [4.69, 9.17) is 14.2 Å². The molecular formula is C15H16O4. The second-order valence-electron chi connectivity index (χ2n) is 4.21. The van der Waals surface area contributed by atoms with Crippen molar-refractivity contribution in [2.75, 3.05) is 21.3 Å². The van der Waals surface area contributed by atoms with E-state index in [9.17, 15) is 4.79 Å². The van der Waals surface area contributed by atoms with Gasteiger partial charge in [-0.2, -0.15) is 0 Å². The lowest BCUT2D eigenvalue weighted by atomic mass is 10.0. The van der Waals surface area contributed by atoms with Crippen LogP contribution >= 0.6 is 0 Å². The monoisotopic (exact) mass is 260 g/mol. The average molecular weight is 260 g/mol. The minimum Gasteiger partial charge on any atom is -0.493 e. The van der Waals surface area contributed by atoms with Crippen LogP contribution in [0.4, 0.5) is 0 Å². The molecule has 0 heterocycles. The van der Waals surface area contributed by atoms with Gasteiger partial charge in [0.2, 0.25) is 0 Å². The molecule has 0 saturated carbocycles. The Bertz CT molecular complexity index is 632. The van der Waals surface area contributed by atoms with Crippen molar-refractivity contribution in [3.8, 4) is 11.5 Å². The first-order valence-electron chi connectivity index (χ1n) is 5.85. The summed E-state index contributed by atoms with van der Waals surface area (Å²) in [5.74, 6) is 0.962. The van der Waals surface area contributed by atoms with Gasteiger partial charge < -0.3 is 14.2 Å². The molecule has 0 fully saturated rings. The molecule has 0 aromatic heterocycles. The molecular weight excluding hydrogens is 244 g/mol. The lowest BCUT2D eigenvalue weighted by Crippen LogP contribution is -2.03. The summed E-state index contributed by atoms with van der Waals surface area (Å²) >= 11 is 0. The van der Waals surface area contributed by atoms with Gasteiger partial charge in [0.05, 0.1) is 26.9 Å². The van der Waals surface area contributed by atoms with Crippen LogP contribution in [0, 0.1) is 6.92 Å². The summed E-state index contributed by atoms with van der Waals surface area (Å²) in [4.78, 5) is 11.7. The zero-order valence-electron chi connectivity index (χ0n) is 11.4. The van der Waals surface area contributed by atoms with Crippen LogP contribution in [0.1, 0.15) is 15.9 Å². The smallest absolute Gasteiger partial charge is 0.338 e. The fraction of sp³-hybridized carbons (Fsp3) is 0.267. The molecule has 0 saturated heterocycles. The summed E-state index contributed by atoms with van der Waals surface area (Å²) in [7, 11) is 4.55. The Morgan fingerprint density at radius 2 is 1.42 bits per heavy atom. The standard InChI is InChI=1S/C15H16O4/c1-9-5-10-7-13(17-2)14(18-3)8-11(10)6-12(9)15(16)19-4/h5-8H,1-4H3. The minimum atomic E-state index is -0.339. The Labute approximate surface area is 111 Å². The van der Waals surface area contributed by atoms with Gasteiger partial charge in [0.25, 0.3) is 0 Å². The number of fused-ring (bicyclic) bond motifs is 1. The molecule has 0 amide bonds. The second-order valence-corrected chi connectivity index (χ2v) is 4.21. The van der Waals surface area contributed by atoms with Gasteiger partial charge in [-0.3, -0.25) is 0 Å². The van der Waals surface area contributed by atoms with Crippen LogP contribution in [0.2, 0.25) is 0 Å². The number of aryl methyl sites for hydroxylation is 1. The topological polar surface area (TPSA) is 44.8 Å². The van der Waals surface area contributed by atoms with Crippen LogP contribution in [-0.2, 0) is 4.74 Å². The van der Waals surface area contributed by atoms with Gasteiger partial charge in [0.1, 0.15) is 0 Å². The zero-order chi connectivity index (χ0) is 14.0. The Kier molecular flexibility index (Phi) is 3.60. The Morgan fingerprint density at radius 3 is 1.89 bits per heavy atom. The van der Waals surface area contributed by atoms with Crippen molar-refractivity contribution in [2.45, 2.75) is 6.92 Å². The average Bonchev–Trinajstić information content (AvgIpc) is 2.44. The van der Waals surface area contributed by atoms with Crippen molar-refractivity contribution < 1.29 is 19.0 Å². The van der Waals surface area contributed by atoms with Crippen molar-refractivity contribution in [2.24, 2.45) is 0 Å². The predicted octanol–water partition coefficient (Wildman–Crippen LogP) is 2.95. The van der Waals surface area contributed by atoms with Gasteiger partial charge >= 0.3 is 5.97 Å². The number of hydrogen-bond donors (Lipinski definition) is 0. The molecule has 0 radical (unpaired) electrons. The number of methoxy groups -OCH3 is 3. The van der Waals surface area contributed by atoms with Gasteiger partial charge in [-0.25, -0.2) is 4.79 Å². The maximum absolute atomic E-state index is 11.7. The Morgan fingerprint density at radius 1 is 0.895 bits per heavy atom. The molecule has 0 bridgehead atoms. The van der Waals surface area contributed by atoms with E-state index in [1.54, 1.807) is 20.3 Å². The third kappa shape index (κ3) is 2.34. The van der Waals surface area contributed by atoms with Crippen LogP contribution in [-0.4, -0.2) is 27.3 Å². The van der Waals surface area contributed by atoms with Crippen molar-refractivity contribution in [1.29, 1.82) is 0 Å². The number of benzene rings is 2. The molecule has 0 unspecified atom stereocenters. The van der Waals surface area contributed by atoms with Crippen LogP contribution in [0.15, 0.2) is 24.3 Å². The molecule has 0 aliphatic heterocycles. The highest BCUT2D eigenvalue weighted by Crippen LogP contribution is 2.33. The van der Waals surface area contributed by atoms with Crippen LogP contribution in [0.5, 0.6) is 11.5 Å². The van der Waals surface area contributed by atoms with E-state index in [0.717, 1.165) is 16.3 Å². The van der Waals surface area contributed by atoms with Crippen molar-refractivity contribution in [3.05, 3.63) is 35.4 Å². The summed E-state index contributed by atoms with van der Waals surface area (Å²) in [5.41, 5.74) is 1.42. The highest BCUT2D eigenvalue weighted by atomic mass is 16.5. The fourth-order valence-corrected chi connectivity index (χ4v) is 2.07. The number of ether oxygens (including phenoxy) is 3. The quantitative estimate of drug-likeness (QED) is 0.796. The molecule has 100 valence electrons. The van der Waals surface area contributed by atoms with E-state index >= 15 is 0 Å². The molecule has 2 aromatic rings. The van der Waals surface area contributed by atoms with Crippen molar-refractivity contribution in [3.63, 3.8) is 0 Å². The summed E-state index contributed by atoms with van der Waals surface area (Å²) in [6, 6.07) is 7.48. The summed E-state index contributed by atoms with van der Waals surface area (Å²) < 4.78 is 15.3. The van der Waals surface area contributed by atoms with Crippen molar-refractivity contribution >= 4 is 16.7 Å². The molecule has 4 nitrogen and oxygen atoms in total. The van der Waals surface area contributed by atoms with Gasteiger partial charge in [0.15, 0.2) is 11.5 Å². The molecule has 0 spiro atoms. The molecule has 0 aliphatic carbocycles. The molecule has 0 aliphatic rings. The number of carbonyl (C=O) groups excluding carboxylic acids is 1. The number of carbonyl (C=O) groups is 1. The lowest BCUT2D eigenvalue weighted by molar-refractivity contribution is 0.0600. The largest absolute Gasteiger partial charge is 0.493 e. The molecule has 4 heteroatoms. The molecule has 0 atom stereocenters. The fourth-order valence-electron chi connectivity index (χ4n) is 2.07. The van der Waals surface area contributed by atoms with Crippen LogP contribution in [0.3, 0.4) is 0 Å². The van der Waals surface area contributed by atoms with E-state index in [0.29, 0.717) is 17.1 Å². The highest BCUT2D eigenvalue weighted by Gasteiger charge is 2.12. The minimum absolute atomic E-state index is 0.339. The number of esters is 1. The lowest BCUT2D eigenvalue weighted by Gasteiger charge is -2.11. The van der Waals surface area contributed by atoms with E-state index in [1.807, 2.05) is 25.1 Å². The Hall–Kier alpha value is -2.23. The van der Waals surface area contributed by atoms with E-state index in [-0.39, 0.29) is 5.97 Å². The molecule has 2 aromatic carbocycles. The van der Waals surface area contributed by atoms with Gasteiger partial charge in [0, 0.05) is 0 Å². The van der Waals surface area contributed by atoms with Crippen molar-refractivity contribution in [1.82, 2.24) is 0 Å². The van der Waals surface area contributed by atoms with E-state index in [2.05, 4.69) is 0 Å². The first-order chi connectivity index (χ1) is 9.10. The van der Waals surface area contributed by atoms with Gasteiger partial charge in [-0.05, 0) is 41.5 Å². The molecule has 0 N–H and O–H groups in total. The summed E-state index contributed by atoms with van der Waals surface area (Å²) in [6.07, 6.45) is 0. The van der Waals surface area contributed by atoms with Crippen LogP contribution < -0.4 is 9.47 Å². The number of rotatable bonds is 3. The number of hydrogen-bond acceptors (Lipinski definition) is 4. The third-order valence-corrected chi connectivity index (χ3v) is 3.09. The van der Waals surface area contributed by atoms with Gasteiger partial charge in [-0.1, -0.05) is 6.07 Å². The van der Waals surface area contributed by atoms with Gasteiger partial charge in [-0.15, -0.1) is 0 Å². The predicted molar refractivity (Wildman–Crippen MR) is 73.1 cm³/mol. The maximum atomic E-state index is 11.7. The Balaban J connectivity index is 2.68. The van der Waals surface area contributed by atoms with E-state index in [1.165, 1.54) is 7.11 Å². The summed E-state index contributed by atoms with van der Waals surface area (Å²) in [6.45, 7) is 1.88. The summed E-state index contributed by atoms with van der Waals surface area (Å²) in [5, 5.41) is 1.89. The van der Waals surface area contributed by atoms with Crippen LogP contribution in [0.25, 0.3) is 10.8 Å². The first-order valence-corrected chi connectivity index (χ1v) is 5.85. The first kappa shape index (κ1) is 13.2. The third-order valence-electron chi connectivity index (χ3n) is 3.09. The van der Waals surface area contributed by atoms with E-state index < -0.39 is 0 Å². The second kappa shape index (κ2) is 5.18. The molecule has 2 rings (SSSR count). The molecule has 19 heavy (non-hydrogen) atoms. The highest BCUT2D eigenvalue weighted by molar-refractivity contribution is 5.98.